The van der Waals surface area contributed by atoms with Crippen molar-refractivity contribution in [1.82, 2.24) is 14.9 Å². The third kappa shape index (κ3) is 4.76. The number of piperidine rings is 1. The standard InChI is InChI=1S/C21H28N4O3S/c1-17-7-8-20(24-23-17)25-13-11-21(12-14-25)10-9-18(28-16-21)15-22-29(26,27)19-5-3-2-4-6-19/h2-8,18,22H,9-16H2,1H3. The number of benzene rings is 1. The van der Waals surface area contributed by atoms with Gasteiger partial charge in [-0.2, -0.15) is 5.10 Å². The molecule has 3 heterocycles. The molecule has 4 rings (SSSR count). The molecule has 0 amide bonds. The molecule has 1 N–H and O–H groups in total. The van der Waals surface area contributed by atoms with Gasteiger partial charge in [-0.05, 0) is 62.3 Å². The lowest BCUT2D eigenvalue weighted by Crippen LogP contribution is -2.47. The molecule has 2 aliphatic heterocycles. The highest BCUT2D eigenvalue weighted by Gasteiger charge is 2.39. The summed E-state index contributed by atoms with van der Waals surface area (Å²) in [6.07, 6.45) is 4.00. The Morgan fingerprint density at radius 2 is 1.86 bits per heavy atom. The monoisotopic (exact) mass is 416 g/mol. The number of hydrogen-bond donors (Lipinski definition) is 1. The van der Waals surface area contributed by atoms with Crippen molar-refractivity contribution in [2.75, 3.05) is 31.1 Å². The molecule has 0 radical (unpaired) electrons. The van der Waals surface area contributed by atoms with Gasteiger partial charge in [-0.3, -0.25) is 0 Å². The Morgan fingerprint density at radius 3 is 2.48 bits per heavy atom. The zero-order chi connectivity index (χ0) is 20.3. The number of nitrogens with one attached hydrogen (secondary N) is 1. The Kier molecular flexibility index (Phi) is 5.85. The van der Waals surface area contributed by atoms with Crippen molar-refractivity contribution >= 4 is 15.8 Å². The quantitative estimate of drug-likeness (QED) is 0.806. The van der Waals surface area contributed by atoms with Gasteiger partial charge in [0.1, 0.15) is 0 Å². The number of hydrogen-bond acceptors (Lipinski definition) is 6. The first-order valence-electron chi connectivity index (χ1n) is 10.2. The second kappa shape index (κ2) is 8.38. The minimum absolute atomic E-state index is 0.0693. The molecule has 8 heteroatoms. The molecule has 2 aliphatic rings. The molecule has 1 atom stereocenters. The summed E-state index contributed by atoms with van der Waals surface area (Å²) in [6.45, 7) is 4.85. The van der Waals surface area contributed by atoms with Crippen molar-refractivity contribution in [3.05, 3.63) is 48.2 Å². The lowest BCUT2D eigenvalue weighted by atomic mass is 9.73. The molecule has 29 heavy (non-hydrogen) atoms. The molecular weight excluding hydrogens is 388 g/mol. The number of ether oxygens (including phenoxy) is 1. The Bertz CT molecular complexity index is 901. The summed E-state index contributed by atoms with van der Waals surface area (Å²) in [4.78, 5) is 2.58. The maximum Gasteiger partial charge on any atom is 0.240 e. The smallest absolute Gasteiger partial charge is 0.240 e. The topological polar surface area (TPSA) is 84.4 Å². The fourth-order valence-corrected chi connectivity index (χ4v) is 5.22. The van der Waals surface area contributed by atoms with E-state index in [1.165, 1.54) is 0 Å². The highest BCUT2D eigenvalue weighted by Crippen LogP contribution is 2.41. The maximum absolute atomic E-state index is 12.4. The summed E-state index contributed by atoms with van der Waals surface area (Å²) in [5, 5.41) is 8.46. The van der Waals surface area contributed by atoms with Crippen LogP contribution >= 0.6 is 0 Å². The van der Waals surface area contributed by atoms with Crippen LogP contribution in [-0.2, 0) is 14.8 Å². The zero-order valence-corrected chi connectivity index (χ0v) is 17.6. The van der Waals surface area contributed by atoms with Gasteiger partial charge in [0.2, 0.25) is 10.0 Å². The van der Waals surface area contributed by atoms with Crippen LogP contribution in [0.3, 0.4) is 0 Å². The van der Waals surface area contributed by atoms with Gasteiger partial charge >= 0.3 is 0 Å². The first kappa shape index (κ1) is 20.3. The highest BCUT2D eigenvalue weighted by molar-refractivity contribution is 7.89. The van der Waals surface area contributed by atoms with E-state index in [1.54, 1.807) is 30.3 Å². The van der Waals surface area contributed by atoms with E-state index >= 15 is 0 Å². The number of nitrogens with zero attached hydrogens (tertiary/aromatic N) is 3. The third-order valence-corrected chi connectivity index (χ3v) is 7.55. The first-order valence-corrected chi connectivity index (χ1v) is 11.7. The SMILES string of the molecule is Cc1ccc(N2CCC3(CCC(CNS(=O)(=O)c4ccccc4)OC3)CC2)nn1. The summed E-state index contributed by atoms with van der Waals surface area (Å²) >= 11 is 0. The van der Waals surface area contributed by atoms with Gasteiger partial charge in [0, 0.05) is 19.6 Å². The molecule has 7 nitrogen and oxygen atoms in total. The number of aryl methyl sites for hydroxylation is 1. The van der Waals surface area contributed by atoms with Gasteiger partial charge in [-0.25, -0.2) is 13.1 Å². The molecule has 1 aromatic heterocycles. The molecule has 1 unspecified atom stereocenters. The predicted octanol–water partition coefficient (Wildman–Crippen LogP) is 2.53. The number of rotatable bonds is 5. The second-order valence-corrected chi connectivity index (χ2v) is 9.92. The lowest BCUT2D eigenvalue weighted by Gasteiger charge is -2.45. The minimum Gasteiger partial charge on any atom is -0.376 e. The van der Waals surface area contributed by atoms with Crippen molar-refractivity contribution in [3.63, 3.8) is 0 Å². The van der Waals surface area contributed by atoms with Crippen molar-refractivity contribution in [1.29, 1.82) is 0 Å². The Hall–Kier alpha value is -2.03. The van der Waals surface area contributed by atoms with Crippen molar-refractivity contribution in [3.8, 4) is 0 Å². The number of sulfonamides is 1. The maximum atomic E-state index is 12.4. The molecule has 2 fully saturated rings. The van der Waals surface area contributed by atoms with E-state index in [0.717, 1.165) is 50.3 Å². The largest absolute Gasteiger partial charge is 0.376 e. The van der Waals surface area contributed by atoms with Gasteiger partial charge in [0.25, 0.3) is 0 Å². The summed E-state index contributed by atoms with van der Waals surface area (Å²) in [5.41, 5.74) is 1.13. The Morgan fingerprint density at radius 1 is 1.10 bits per heavy atom. The molecule has 156 valence electrons. The second-order valence-electron chi connectivity index (χ2n) is 8.16. The van der Waals surface area contributed by atoms with Crippen LogP contribution in [0.1, 0.15) is 31.4 Å². The van der Waals surface area contributed by atoms with Crippen molar-refractivity contribution < 1.29 is 13.2 Å². The van der Waals surface area contributed by atoms with Gasteiger partial charge in [0.05, 0.1) is 23.3 Å². The van der Waals surface area contributed by atoms with Crippen LogP contribution < -0.4 is 9.62 Å². The lowest BCUT2D eigenvalue weighted by molar-refractivity contribution is -0.0690. The van der Waals surface area contributed by atoms with Crippen LogP contribution in [0.2, 0.25) is 0 Å². The molecule has 1 spiro atoms. The van der Waals surface area contributed by atoms with Crippen molar-refractivity contribution in [2.45, 2.75) is 43.6 Å². The number of aromatic nitrogens is 2. The average Bonchev–Trinajstić information content (AvgIpc) is 2.75. The summed E-state index contributed by atoms with van der Waals surface area (Å²) in [5.74, 6) is 0.940. The van der Waals surface area contributed by atoms with E-state index in [9.17, 15) is 8.42 Å². The summed E-state index contributed by atoms with van der Waals surface area (Å²) in [6, 6.07) is 12.5. The van der Waals surface area contributed by atoms with Crippen LogP contribution in [0, 0.1) is 12.3 Å². The van der Waals surface area contributed by atoms with Gasteiger partial charge < -0.3 is 9.64 Å². The molecule has 2 aromatic rings. The molecular formula is C21H28N4O3S. The highest BCUT2D eigenvalue weighted by atomic mass is 32.2. The minimum atomic E-state index is -3.48. The van der Waals surface area contributed by atoms with Gasteiger partial charge in [0.15, 0.2) is 5.82 Å². The van der Waals surface area contributed by atoms with Gasteiger partial charge in [-0.15, -0.1) is 5.10 Å². The van der Waals surface area contributed by atoms with Crippen LogP contribution in [0.25, 0.3) is 0 Å². The third-order valence-electron chi connectivity index (χ3n) is 6.11. The van der Waals surface area contributed by atoms with E-state index in [2.05, 4.69) is 19.8 Å². The predicted molar refractivity (Wildman–Crippen MR) is 111 cm³/mol. The Balaban J connectivity index is 1.26. The molecule has 1 aromatic carbocycles. The van der Waals surface area contributed by atoms with E-state index in [0.29, 0.717) is 18.0 Å². The normalized spacial score (nSPS) is 22.0. The average molecular weight is 417 g/mol. The van der Waals surface area contributed by atoms with Crippen LogP contribution in [0.15, 0.2) is 47.4 Å². The first-order chi connectivity index (χ1) is 14.0. The van der Waals surface area contributed by atoms with Crippen LogP contribution in [-0.4, -0.2) is 51.0 Å². The van der Waals surface area contributed by atoms with Gasteiger partial charge in [-0.1, -0.05) is 18.2 Å². The molecule has 0 aliphatic carbocycles. The number of anilines is 1. The van der Waals surface area contributed by atoms with Crippen molar-refractivity contribution in [2.24, 2.45) is 5.41 Å². The van der Waals surface area contributed by atoms with E-state index in [-0.39, 0.29) is 11.5 Å². The molecule has 0 saturated carbocycles. The van der Waals surface area contributed by atoms with Crippen LogP contribution in [0.5, 0.6) is 0 Å². The fourth-order valence-electron chi connectivity index (χ4n) is 4.13. The van der Waals surface area contributed by atoms with E-state index in [4.69, 9.17) is 4.74 Å². The summed E-state index contributed by atoms with van der Waals surface area (Å²) in [7, 11) is -3.48. The van der Waals surface area contributed by atoms with E-state index < -0.39 is 10.0 Å². The van der Waals surface area contributed by atoms with E-state index in [1.807, 2.05) is 19.1 Å². The Labute approximate surface area is 172 Å². The molecule has 0 bridgehead atoms. The zero-order valence-electron chi connectivity index (χ0n) is 16.8. The fraction of sp³-hybridized carbons (Fsp3) is 0.524. The molecule has 2 saturated heterocycles. The van der Waals surface area contributed by atoms with Crippen LogP contribution in [0.4, 0.5) is 5.82 Å². The summed E-state index contributed by atoms with van der Waals surface area (Å²) < 4.78 is 33.5.